The van der Waals surface area contributed by atoms with Gasteiger partial charge < -0.3 is 10.1 Å². The molecule has 4 heteroatoms. The molecule has 0 saturated heterocycles. The van der Waals surface area contributed by atoms with Crippen LogP contribution in [-0.2, 0) is 6.42 Å². The second-order valence-electron chi connectivity index (χ2n) is 4.33. The summed E-state index contributed by atoms with van der Waals surface area (Å²) < 4.78 is 18.1. The topological polar surface area (TPSA) is 45.0 Å². The Morgan fingerprint density at radius 2 is 1.95 bits per heavy atom. The highest BCUT2D eigenvalue weighted by atomic mass is 19.1. The van der Waals surface area contributed by atoms with E-state index in [1.165, 1.54) is 17.7 Å². The smallest absolute Gasteiger partial charge is 0.124 e. The van der Waals surface area contributed by atoms with Crippen molar-refractivity contribution in [2.24, 2.45) is 0 Å². The van der Waals surface area contributed by atoms with Crippen molar-refractivity contribution >= 4 is 5.69 Å². The summed E-state index contributed by atoms with van der Waals surface area (Å²) in [5.41, 5.74) is 2.14. The summed E-state index contributed by atoms with van der Waals surface area (Å²) >= 11 is 0. The van der Waals surface area contributed by atoms with Crippen molar-refractivity contribution in [2.75, 3.05) is 19.0 Å². The van der Waals surface area contributed by atoms with Gasteiger partial charge in [0, 0.05) is 6.54 Å². The fourth-order valence-electron chi connectivity index (χ4n) is 1.90. The van der Waals surface area contributed by atoms with E-state index >= 15 is 0 Å². The Morgan fingerprint density at radius 1 is 1.20 bits per heavy atom. The molecule has 0 unspecified atom stereocenters. The van der Waals surface area contributed by atoms with Crippen molar-refractivity contribution in [3.05, 3.63) is 59.4 Å². The molecule has 0 aliphatic carbocycles. The van der Waals surface area contributed by atoms with Gasteiger partial charge >= 0.3 is 0 Å². The number of hydrogen-bond acceptors (Lipinski definition) is 3. The van der Waals surface area contributed by atoms with Gasteiger partial charge in [0.05, 0.1) is 18.4 Å². The third-order valence-electron chi connectivity index (χ3n) is 2.99. The molecule has 0 fully saturated rings. The molecule has 0 spiro atoms. The summed E-state index contributed by atoms with van der Waals surface area (Å²) in [6.45, 7) is 0.673. The maximum absolute atomic E-state index is 13.0. The normalized spacial score (nSPS) is 9.85. The van der Waals surface area contributed by atoms with Crippen LogP contribution in [0.25, 0.3) is 0 Å². The van der Waals surface area contributed by atoms with Gasteiger partial charge in [0.25, 0.3) is 0 Å². The van der Waals surface area contributed by atoms with Gasteiger partial charge in [-0.05, 0) is 42.3 Å². The molecule has 20 heavy (non-hydrogen) atoms. The summed E-state index contributed by atoms with van der Waals surface area (Å²) in [7, 11) is 1.63. The van der Waals surface area contributed by atoms with Gasteiger partial charge in [0.1, 0.15) is 17.6 Å². The van der Waals surface area contributed by atoms with Crippen LogP contribution >= 0.6 is 0 Å². The molecule has 2 rings (SSSR count). The van der Waals surface area contributed by atoms with E-state index in [0.717, 1.165) is 12.2 Å². The zero-order valence-corrected chi connectivity index (χ0v) is 11.2. The first-order valence-corrected chi connectivity index (χ1v) is 6.29. The van der Waals surface area contributed by atoms with E-state index in [-0.39, 0.29) is 0 Å². The Morgan fingerprint density at radius 3 is 2.60 bits per heavy atom. The predicted molar refractivity (Wildman–Crippen MR) is 76.3 cm³/mol. The molecule has 0 heterocycles. The number of hydrogen-bond donors (Lipinski definition) is 1. The second-order valence-corrected chi connectivity index (χ2v) is 4.33. The quantitative estimate of drug-likeness (QED) is 0.906. The molecule has 1 N–H and O–H groups in total. The minimum absolute atomic E-state index is 0.319. The maximum Gasteiger partial charge on any atom is 0.124 e. The lowest BCUT2D eigenvalue weighted by Crippen LogP contribution is -2.06. The number of rotatable bonds is 5. The van der Waals surface area contributed by atoms with Gasteiger partial charge in [-0.2, -0.15) is 5.26 Å². The van der Waals surface area contributed by atoms with Crippen LogP contribution in [0.4, 0.5) is 10.1 Å². The number of halogens is 1. The van der Waals surface area contributed by atoms with Gasteiger partial charge in [-0.25, -0.2) is 4.39 Å². The van der Waals surface area contributed by atoms with Crippen LogP contribution in [-0.4, -0.2) is 13.7 Å². The van der Waals surface area contributed by atoms with Crippen LogP contribution in [0.2, 0.25) is 0 Å². The number of nitrogens with one attached hydrogen (secondary N) is 1. The van der Waals surface area contributed by atoms with Gasteiger partial charge in [0.2, 0.25) is 0 Å². The highest BCUT2D eigenvalue weighted by molar-refractivity contribution is 5.57. The molecule has 0 radical (unpaired) electrons. The fourth-order valence-corrected chi connectivity index (χ4v) is 1.90. The molecule has 0 aromatic heterocycles. The van der Waals surface area contributed by atoms with Gasteiger partial charge in [-0.3, -0.25) is 0 Å². The number of ether oxygens (including phenoxy) is 1. The van der Waals surface area contributed by atoms with Crippen molar-refractivity contribution in [3.8, 4) is 11.8 Å². The highest BCUT2D eigenvalue weighted by Gasteiger charge is 2.03. The Bertz CT molecular complexity index is 617. The second kappa shape index (κ2) is 6.58. The van der Waals surface area contributed by atoms with E-state index in [0.29, 0.717) is 17.8 Å². The van der Waals surface area contributed by atoms with Crippen LogP contribution in [0.15, 0.2) is 42.5 Å². The van der Waals surface area contributed by atoms with E-state index in [1.54, 1.807) is 13.2 Å². The predicted octanol–water partition coefficient (Wildman–Crippen LogP) is 3.36. The van der Waals surface area contributed by atoms with Crippen molar-refractivity contribution in [1.29, 1.82) is 5.26 Å². The molecule has 0 aliphatic rings. The minimum atomic E-state index is -0.401. The first-order chi connectivity index (χ1) is 9.72. The molecule has 2 aromatic carbocycles. The standard InChI is InChI=1S/C16H15FN2O/c1-20-15-5-2-12(3-6-15)8-9-19-16-7-4-14(17)10-13(16)11-18/h2-7,10,19H,8-9H2,1H3. The molecular formula is C16H15FN2O. The van der Waals surface area contributed by atoms with E-state index in [1.807, 2.05) is 30.3 Å². The number of anilines is 1. The summed E-state index contributed by atoms with van der Waals surface area (Å²) in [4.78, 5) is 0. The molecule has 0 saturated carbocycles. The van der Waals surface area contributed by atoms with E-state index in [9.17, 15) is 4.39 Å². The Labute approximate surface area is 117 Å². The van der Waals surface area contributed by atoms with Gasteiger partial charge in [0.15, 0.2) is 0 Å². The number of nitrogens with zero attached hydrogens (tertiary/aromatic N) is 1. The summed E-state index contributed by atoms with van der Waals surface area (Å²) in [6, 6.07) is 14.0. The number of methoxy groups -OCH3 is 1. The molecule has 0 aliphatic heterocycles. The Hall–Kier alpha value is -2.54. The van der Waals surface area contributed by atoms with E-state index in [4.69, 9.17) is 10.00 Å². The Kier molecular flexibility index (Phi) is 4.56. The Balaban J connectivity index is 1.94. The molecular weight excluding hydrogens is 255 g/mol. The summed E-state index contributed by atoms with van der Waals surface area (Å²) in [6.07, 6.45) is 0.812. The van der Waals surface area contributed by atoms with Crippen molar-refractivity contribution < 1.29 is 9.13 Å². The van der Waals surface area contributed by atoms with Crippen LogP contribution < -0.4 is 10.1 Å². The zero-order chi connectivity index (χ0) is 14.4. The van der Waals surface area contributed by atoms with Crippen molar-refractivity contribution in [3.63, 3.8) is 0 Å². The zero-order valence-electron chi connectivity index (χ0n) is 11.2. The summed E-state index contributed by atoms with van der Waals surface area (Å²) in [5.74, 6) is 0.425. The monoisotopic (exact) mass is 270 g/mol. The van der Waals surface area contributed by atoms with Crippen molar-refractivity contribution in [2.45, 2.75) is 6.42 Å². The third kappa shape index (κ3) is 3.48. The van der Waals surface area contributed by atoms with Gasteiger partial charge in [-0.1, -0.05) is 12.1 Å². The molecule has 102 valence electrons. The first kappa shape index (κ1) is 13.9. The molecule has 2 aromatic rings. The fraction of sp³-hybridized carbons (Fsp3) is 0.188. The molecule has 0 amide bonds. The number of nitriles is 1. The van der Waals surface area contributed by atoms with E-state index < -0.39 is 5.82 Å². The lowest BCUT2D eigenvalue weighted by Gasteiger charge is -2.08. The lowest BCUT2D eigenvalue weighted by atomic mass is 10.1. The molecule has 3 nitrogen and oxygen atoms in total. The maximum atomic E-state index is 13.0. The van der Waals surface area contributed by atoms with Gasteiger partial charge in [-0.15, -0.1) is 0 Å². The largest absolute Gasteiger partial charge is 0.497 e. The van der Waals surface area contributed by atoms with Crippen LogP contribution in [0, 0.1) is 17.1 Å². The average molecular weight is 270 g/mol. The van der Waals surface area contributed by atoms with Crippen LogP contribution in [0.5, 0.6) is 5.75 Å². The highest BCUT2D eigenvalue weighted by Crippen LogP contribution is 2.16. The number of benzene rings is 2. The SMILES string of the molecule is COc1ccc(CCNc2ccc(F)cc2C#N)cc1. The van der Waals surface area contributed by atoms with Crippen LogP contribution in [0.3, 0.4) is 0 Å². The van der Waals surface area contributed by atoms with Crippen molar-refractivity contribution in [1.82, 2.24) is 0 Å². The summed E-state index contributed by atoms with van der Waals surface area (Å²) in [5, 5.41) is 12.1. The van der Waals surface area contributed by atoms with E-state index in [2.05, 4.69) is 5.32 Å². The van der Waals surface area contributed by atoms with Crippen LogP contribution in [0.1, 0.15) is 11.1 Å². The average Bonchev–Trinajstić information content (AvgIpc) is 2.49. The minimum Gasteiger partial charge on any atom is -0.497 e. The third-order valence-corrected chi connectivity index (χ3v) is 2.99. The molecule has 0 atom stereocenters. The lowest BCUT2D eigenvalue weighted by molar-refractivity contribution is 0.414. The first-order valence-electron chi connectivity index (χ1n) is 6.29. The molecule has 0 bridgehead atoms.